The van der Waals surface area contributed by atoms with E-state index in [4.69, 9.17) is 5.73 Å². The van der Waals surface area contributed by atoms with Gasteiger partial charge >= 0.3 is 0 Å². The lowest BCUT2D eigenvalue weighted by Crippen LogP contribution is -2.47. The largest absolute Gasteiger partial charge is 0.508 e. The number of carbonyl (C=O) groups excluding carboxylic acids is 2. The van der Waals surface area contributed by atoms with Crippen LogP contribution in [0.15, 0.2) is 34.1 Å². The molecule has 2 aliphatic heterocycles. The predicted octanol–water partition coefficient (Wildman–Crippen LogP) is 2.66. The molecule has 0 aliphatic carbocycles. The van der Waals surface area contributed by atoms with E-state index in [0.717, 1.165) is 19.0 Å². The Hall–Kier alpha value is -3.12. The molecule has 1 aromatic carbocycles. The first-order valence-corrected chi connectivity index (χ1v) is 11.0. The summed E-state index contributed by atoms with van der Waals surface area (Å²) in [6.45, 7) is 5.09. The summed E-state index contributed by atoms with van der Waals surface area (Å²) < 4.78 is 15.1. The van der Waals surface area contributed by atoms with Crippen LogP contribution in [0.25, 0.3) is 0 Å². The van der Waals surface area contributed by atoms with E-state index in [0.29, 0.717) is 66.9 Å². The lowest BCUT2D eigenvalue weighted by Gasteiger charge is -2.43. The van der Waals surface area contributed by atoms with Crippen LogP contribution < -0.4 is 5.73 Å². The Labute approximate surface area is 188 Å². The van der Waals surface area contributed by atoms with Gasteiger partial charge in [0, 0.05) is 49.3 Å². The van der Waals surface area contributed by atoms with Gasteiger partial charge in [-0.1, -0.05) is 6.92 Å². The number of aromatic hydroxyl groups is 1. The van der Waals surface area contributed by atoms with Crippen molar-refractivity contribution in [1.82, 2.24) is 9.80 Å². The molecule has 0 saturated carbocycles. The maximum Gasteiger partial charge on any atom is 0.253 e. The van der Waals surface area contributed by atoms with Crippen LogP contribution in [0.5, 0.6) is 5.75 Å². The number of allylic oxidation sites excluding steroid dienone is 1. The topological polar surface area (TPSA) is 99.2 Å². The fourth-order valence-corrected chi connectivity index (χ4v) is 5.05. The van der Waals surface area contributed by atoms with Gasteiger partial charge in [0.25, 0.3) is 5.91 Å². The number of halogens is 1. The number of phenols is 1. The smallest absolute Gasteiger partial charge is 0.253 e. The van der Waals surface area contributed by atoms with Crippen molar-refractivity contribution in [1.29, 1.82) is 0 Å². The van der Waals surface area contributed by atoms with Crippen molar-refractivity contribution < 1.29 is 19.1 Å². The summed E-state index contributed by atoms with van der Waals surface area (Å²) in [5, 5.41) is 9.87. The molecule has 3 rings (SSSR count). The van der Waals surface area contributed by atoms with E-state index in [2.05, 4.69) is 4.99 Å². The molecule has 32 heavy (non-hydrogen) atoms. The van der Waals surface area contributed by atoms with Crippen LogP contribution in [-0.2, 0) is 21.4 Å². The van der Waals surface area contributed by atoms with E-state index in [1.807, 2.05) is 24.8 Å². The maximum atomic E-state index is 15.1. The van der Waals surface area contributed by atoms with Crippen molar-refractivity contribution in [2.45, 2.75) is 51.4 Å². The third-order valence-electron chi connectivity index (χ3n) is 6.80. The van der Waals surface area contributed by atoms with E-state index in [-0.39, 0.29) is 11.7 Å². The number of hydrogen-bond acceptors (Lipinski definition) is 5. The maximum absolute atomic E-state index is 15.1. The van der Waals surface area contributed by atoms with Crippen molar-refractivity contribution in [2.75, 3.05) is 26.7 Å². The Morgan fingerprint density at radius 2 is 2.03 bits per heavy atom. The number of aliphatic imine (C=N–C) groups is 1. The molecule has 8 heteroatoms. The average Bonchev–Trinajstić information content (AvgIpc) is 2.79. The third-order valence-corrected chi connectivity index (χ3v) is 6.80. The number of hydrogen-bond donors (Lipinski definition) is 2. The van der Waals surface area contributed by atoms with Crippen molar-refractivity contribution >= 4 is 18.2 Å². The molecule has 1 fully saturated rings. The highest BCUT2D eigenvalue weighted by Gasteiger charge is 2.43. The molecule has 2 heterocycles. The standard InChI is InChI=1S/C24H31FN4O3/c1-4-17-12-18(31)13-20(25)21(17)24(16(2)14-30)7-10-29(11-8-24)23(32)19-6-5-9-28(3)22(19)27-15-26/h12-13,15,31H,4-11H2,1-3H3,(H2,26,27). The second-order valence-corrected chi connectivity index (χ2v) is 8.52. The highest BCUT2D eigenvalue weighted by atomic mass is 19.1. The Balaban J connectivity index is 1.96. The third kappa shape index (κ3) is 4.15. The van der Waals surface area contributed by atoms with E-state index >= 15 is 4.39 Å². The number of likely N-dealkylation sites (tertiary alicyclic amines) is 1. The van der Waals surface area contributed by atoms with Gasteiger partial charge in [0.15, 0.2) is 0 Å². The van der Waals surface area contributed by atoms with Gasteiger partial charge in [-0.2, -0.15) is 0 Å². The van der Waals surface area contributed by atoms with Crippen LogP contribution in [0.3, 0.4) is 0 Å². The van der Waals surface area contributed by atoms with Gasteiger partial charge in [-0.25, -0.2) is 14.2 Å². The van der Waals surface area contributed by atoms with Crippen LogP contribution >= 0.6 is 0 Å². The molecule has 7 nitrogen and oxygen atoms in total. The second kappa shape index (κ2) is 9.57. The van der Waals surface area contributed by atoms with Crippen LogP contribution in [0.4, 0.5) is 4.39 Å². The SMILES string of the molecule is CCc1cc(O)cc(F)c1C1(C(C)=C=O)CCN(C(=O)C2=C(N=CN)N(C)CCC2)CC1. The van der Waals surface area contributed by atoms with Gasteiger partial charge in [-0.05, 0) is 50.7 Å². The molecule has 2 aliphatic rings. The summed E-state index contributed by atoms with van der Waals surface area (Å²) in [5.74, 6) is 1.80. The van der Waals surface area contributed by atoms with Gasteiger partial charge in [0.2, 0.25) is 0 Å². The van der Waals surface area contributed by atoms with Crippen LogP contribution in [-0.4, -0.2) is 59.8 Å². The van der Waals surface area contributed by atoms with E-state index in [1.54, 1.807) is 17.9 Å². The normalized spacial score (nSPS) is 18.8. The Bertz CT molecular complexity index is 1000. The molecule has 3 N–H and O–H groups in total. The molecular weight excluding hydrogens is 411 g/mol. The summed E-state index contributed by atoms with van der Waals surface area (Å²) in [4.78, 5) is 32.9. The Morgan fingerprint density at radius 1 is 1.34 bits per heavy atom. The number of rotatable bonds is 5. The monoisotopic (exact) mass is 442 g/mol. The van der Waals surface area contributed by atoms with E-state index < -0.39 is 11.2 Å². The number of piperidine rings is 1. The van der Waals surface area contributed by atoms with Crippen LogP contribution in [0, 0.1) is 5.82 Å². The molecular formula is C24H31FN4O3. The molecule has 0 unspecified atom stereocenters. The van der Waals surface area contributed by atoms with Crippen molar-refractivity contribution in [3.8, 4) is 5.75 Å². The summed E-state index contributed by atoms with van der Waals surface area (Å²) in [6, 6.07) is 2.64. The number of benzene rings is 1. The zero-order valence-corrected chi connectivity index (χ0v) is 18.9. The van der Waals surface area contributed by atoms with E-state index in [9.17, 15) is 14.7 Å². The zero-order valence-electron chi connectivity index (χ0n) is 18.9. The van der Waals surface area contributed by atoms with Gasteiger partial charge in [-0.15, -0.1) is 0 Å². The minimum absolute atomic E-state index is 0.0969. The van der Waals surface area contributed by atoms with Gasteiger partial charge in [0.1, 0.15) is 23.3 Å². The molecule has 0 spiro atoms. The number of aryl methyl sites for hydroxylation is 1. The van der Waals surface area contributed by atoms with Gasteiger partial charge in [-0.3, -0.25) is 4.79 Å². The fraction of sp³-hybridized carbons (Fsp3) is 0.500. The summed E-state index contributed by atoms with van der Waals surface area (Å²) in [5.41, 5.74) is 6.75. The van der Waals surface area contributed by atoms with Crippen LogP contribution in [0.1, 0.15) is 50.7 Å². The molecule has 1 amide bonds. The summed E-state index contributed by atoms with van der Waals surface area (Å²) in [6.07, 6.45) is 3.97. The highest BCUT2D eigenvalue weighted by molar-refractivity contribution is 5.94. The van der Waals surface area contributed by atoms with Crippen molar-refractivity contribution in [3.05, 3.63) is 46.0 Å². The fourth-order valence-electron chi connectivity index (χ4n) is 5.05. The molecule has 0 radical (unpaired) electrons. The Morgan fingerprint density at radius 3 is 2.62 bits per heavy atom. The molecule has 0 atom stereocenters. The number of phenolic OH excluding ortho intramolecular Hbond substituents is 1. The number of nitrogens with zero attached hydrogens (tertiary/aromatic N) is 3. The summed E-state index contributed by atoms with van der Waals surface area (Å²) in [7, 11) is 1.88. The molecule has 1 aromatic rings. The second-order valence-electron chi connectivity index (χ2n) is 8.52. The molecule has 0 bridgehead atoms. The quantitative estimate of drug-likeness (QED) is 0.415. The van der Waals surface area contributed by atoms with Gasteiger partial charge < -0.3 is 20.6 Å². The number of amides is 1. The lowest BCUT2D eigenvalue weighted by molar-refractivity contribution is -0.129. The zero-order chi connectivity index (χ0) is 23.5. The number of nitrogens with two attached hydrogens (primary N) is 1. The first-order chi connectivity index (χ1) is 15.3. The minimum Gasteiger partial charge on any atom is -0.508 e. The molecule has 1 saturated heterocycles. The predicted molar refractivity (Wildman–Crippen MR) is 121 cm³/mol. The van der Waals surface area contributed by atoms with Gasteiger partial charge in [0.05, 0.1) is 11.9 Å². The number of carbonyl (C=O) groups is 1. The summed E-state index contributed by atoms with van der Waals surface area (Å²) >= 11 is 0. The minimum atomic E-state index is -0.863. The first kappa shape index (κ1) is 23.5. The Kier molecular flexibility index (Phi) is 7.04. The van der Waals surface area contributed by atoms with Crippen LogP contribution in [0.2, 0.25) is 0 Å². The first-order valence-electron chi connectivity index (χ1n) is 11.0. The van der Waals surface area contributed by atoms with E-state index in [1.165, 1.54) is 6.34 Å². The average molecular weight is 443 g/mol. The van der Waals surface area contributed by atoms with Crippen molar-refractivity contribution in [3.63, 3.8) is 0 Å². The van der Waals surface area contributed by atoms with Crippen molar-refractivity contribution in [2.24, 2.45) is 10.7 Å². The highest BCUT2D eigenvalue weighted by Crippen LogP contribution is 2.45. The molecule has 0 aromatic heterocycles. The lowest BCUT2D eigenvalue weighted by atomic mass is 9.66. The molecule has 172 valence electrons.